The van der Waals surface area contributed by atoms with Crippen LogP contribution in [0.2, 0.25) is 0 Å². The van der Waals surface area contributed by atoms with Crippen LogP contribution in [0.4, 0.5) is 0 Å². The second-order valence-electron chi connectivity index (χ2n) is 3.78. The van der Waals surface area contributed by atoms with Crippen molar-refractivity contribution in [3.8, 4) is 0 Å². The van der Waals surface area contributed by atoms with E-state index in [2.05, 4.69) is 26.8 Å². The Labute approximate surface area is 64.3 Å². The summed E-state index contributed by atoms with van der Waals surface area (Å²) in [6.07, 6.45) is 5.15. The lowest BCUT2D eigenvalue weighted by atomic mass is 9.85. The van der Waals surface area contributed by atoms with Crippen LogP contribution >= 0.6 is 0 Å². The molecule has 0 aliphatic carbocycles. The smallest absolute Gasteiger partial charge is 0.0122 e. The van der Waals surface area contributed by atoms with Gasteiger partial charge in [-0.2, -0.15) is 0 Å². The summed E-state index contributed by atoms with van der Waals surface area (Å²) in [5.41, 5.74) is 6.12. The van der Waals surface area contributed by atoms with Gasteiger partial charge in [0.05, 0.1) is 0 Å². The van der Waals surface area contributed by atoms with Gasteiger partial charge >= 0.3 is 0 Å². The van der Waals surface area contributed by atoms with Crippen molar-refractivity contribution in [2.45, 2.75) is 40.2 Å². The number of rotatable bonds is 2. The van der Waals surface area contributed by atoms with Crippen LogP contribution in [0.15, 0.2) is 12.2 Å². The Bertz CT molecular complexity index is 108. The molecule has 1 unspecified atom stereocenters. The Morgan fingerprint density at radius 2 is 1.90 bits per heavy atom. The fourth-order valence-corrected chi connectivity index (χ4v) is 0.636. The van der Waals surface area contributed by atoms with Crippen molar-refractivity contribution in [3.63, 3.8) is 0 Å². The van der Waals surface area contributed by atoms with Crippen LogP contribution in [0.5, 0.6) is 0 Å². The molecule has 0 rings (SSSR count). The molecule has 0 aromatic heterocycles. The van der Waals surface area contributed by atoms with Gasteiger partial charge in [-0.25, -0.2) is 0 Å². The highest BCUT2D eigenvalue weighted by atomic mass is 14.7. The van der Waals surface area contributed by atoms with Gasteiger partial charge < -0.3 is 5.73 Å². The standard InChI is InChI=1S/C9H19N/c1-5-6-7-8(10)9(2,3)4/h5-6,8H,7,10H2,1-4H3/b6-5-. The zero-order chi connectivity index (χ0) is 8.20. The molecule has 0 spiro atoms. The van der Waals surface area contributed by atoms with E-state index in [4.69, 9.17) is 5.73 Å². The van der Waals surface area contributed by atoms with Crippen molar-refractivity contribution in [1.82, 2.24) is 0 Å². The first-order chi connectivity index (χ1) is 4.48. The molecule has 0 heterocycles. The van der Waals surface area contributed by atoms with Crippen LogP contribution in [0.1, 0.15) is 34.1 Å². The largest absolute Gasteiger partial charge is 0.327 e. The van der Waals surface area contributed by atoms with E-state index in [1.165, 1.54) is 0 Å². The summed E-state index contributed by atoms with van der Waals surface area (Å²) in [5.74, 6) is 0. The summed E-state index contributed by atoms with van der Waals surface area (Å²) in [4.78, 5) is 0. The molecule has 0 bridgehead atoms. The molecule has 0 aliphatic heterocycles. The molecule has 60 valence electrons. The normalized spacial score (nSPS) is 16.1. The Kier molecular flexibility index (Phi) is 3.66. The quantitative estimate of drug-likeness (QED) is 0.587. The highest BCUT2D eigenvalue weighted by Crippen LogP contribution is 2.19. The van der Waals surface area contributed by atoms with E-state index in [-0.39, 0.29) is 11.5 Å². The maximum absolute atomic E-state index is 5.89. The fourth-order valence-electron chi connectivity index (χ4n) is 0.636. The van der Waals surface area contributed by atoms with Gasteiger partial charge in [0.15, 0.2) is 0 Å². The molecule has 0 aliphatic rings. The maximum Gasteiger partial charge on any atom is 0.0122 e. The third-order valence-electron chi connectivity index (χ3n) is 1.74. The van der Waals surface area contributed by atoms with Crippen molar-refractivity contribution in [2.75, 3.05) is 0 Å². The lowest BCUT2D eigenvalue weighted by Gasteiger charge is -2.25. The molecule has 0 amide bonds. The Morgan fingerprint density at radius 3 is 2.20 bits per heavy atom. The van der Waals surface area contributed by atoms with Crippen molar-refractivity contribution in [2.24, 2.45) is 11.1 Å². The van der Waals surface area contributed by atoms with Crippen molar-refractivity contribution in [1.29, 1.82) is 0 Å². The second-order valence-corrected chi connectivity index (χ2v) is 3.78. The molecule has 1 atom stereocenters. The van der Waals surface area contributed by atoms with Crippen molar-refractivity contribution >= 4 is 0 Å². The molecular formula is C9H19N. The molecular weight excluding hydrogens is 122 g/mol. The Morgan fingerprint density at radius 1 is 1.40 bits per heavy atom. The van der Waals surface area contributed by atoms with Crippen LogP contribution in [0, 0.1) is 5.41 Å². The lowest BCUT2D eigenvalue weighted by molar-refractivity contribution is 0.322. The molecule has 0 aromatic rings. The van der Waals surface area contributed by atoms with E-state index in [0.29, 0.717) is 0 Å². The van der Waals surface area contributed by atoms with Gasteiger partial charge in [0, 0.05) is 6.04 Å². The average molecular weight is 141 g/mol. The first-order valence-electron chi connectivity index (χ1n) is 3.85. The monoisotopic (exact) mass is 141 g/mol. The minimum Gasteiger partial charge on any atom is -0.327 e. The molecule has 0 aromatic carbocycles. The Balaban J connectivity index is 3.73. The van der Waals surface area contributed by atoms with E-state index in [1.807, 2.05) is 13.0 Å². The van der Waals surface area contributed by atoms with E-state index in [0.717, 1.165) is 6.42 Å². The fraction of sp³-hybridized carbons (Fsp3) is 0.778. The Hall–Kier alpha value is -0.300. The maximum atomic E-state index is 5.89. The molecule has 0 saturated heterocycles. The van der Waals surface area contributed by atoms with Crippen LogP contribution < -0.4 is 5.73 Å². The second kappa shape index (κ2) is 3.77. The summed E-state index contributed by atoms with van der Waals surface area (Å²) in [5, 5.41) is 0. The first kappa shape index (κ1) is 9.70. The summed E-state index contributed by atoms with van der Waals surface area (Å²) < 4.78 is 0. The number of nitrogens with two attached hydrogens (primary N) is 1. The highest BCUT2D eigenvalue weighted by Gasteiger charge is 2.18. The van der Waals surface area contributed by atoms with E-state index in [9.17, 15) is 0 Å². The predicted octanol–water partition coefficient (Wildman–Crippen LogP) is 2.33. The van der Waals surface area contributed by atoms with Crippen LogP contribution in [0.3, 0.4) is 0 Å². The zero-order valence-electron chi connectivity index (χ0n) is 7.52. The van der Waals surface area contributed by atoms with Gasteiger partial charge in [-0.15, -0.1) is 0 Å². The van der Waals surface area contributed by atoms with Gasteiger partial charge in [-0.3, -0.25) is 0 Å². The molecule has 1 nitrogen and oxygen atoms in total. The van der Waals surface area contributed by atoms with Gasteiger partial charge in [-0.1, -0.05) is 32.9 Å². The molecule has 0 saturated carbocycles. The third-order valence-corrected chi connectivity index (χ3v) is 1.74. The molecule has 0 fully saturated rings. The summed E-state index contributed by atoms with van der Waals surface area (Å²) >= 11 is 0. The topological polar surface area (TPSA) is 26.0 Å². The summed E-state index contributed by atoms with van der Waals surface area (Å²) in [7, 11) is 0. The van der Waals surface area contributed by atoms with E-state index < -0.39 is 0 Å². The van der Waals surface area contributed by atoms with Gasteiger partial charge in [-0.05, 0) is 18.8 Å². The lowest BCUT2D eigenvalue weighted by Crippen LogP contribution is -2.34. The molecule has 0 radical (unpaired) electrons. The number of hydrogen-bond donors (Lipinski definition) is 1. The van der Waals surface area contributed by atoms with Crippen LogP contribution in [-0.2, 0) is 0 Å². The number of hydrogen-bond acceptors (Lipinski definition) is 1. The van der Waals surface area contributed by atoms with Gasteiger partial charge in [0.25, 0.3) is 0 Å². The van der Waals surface area contributed by atoms with E-state index >= 15 is 0 Å². The van der Waals surface area contributed by atoms with Crippen molar-refractivity contribution in [3.05, 3.63) is 12.2 Å². The van der Waals surface area contributed by atoms with E-state index in [1.54, 1.807) is 0 Å². The number of allylic oxidation sites excluding steroid dienone is 1. The molecule has 10 heavy (non-hydrogen) atoms. The average Bonchev–Trinajstić information content (AvgIpc) is 1.80. The summed E-state index contributed by atoms with van der Waals surface area (Å²) in [6, 6.07) is 0.281. The molecule has 2 N–H and O–H groups in total. The summed E-state index contributed by atoms with van der Waals surface area (Å²) in [6.45, 7) is 8.53. The SMILES string of the molecule is C/C=C\CC(N)C(C)(C)C. The van der Waals surface area contributed by atoms with Gasteiger partial charge in [0.1, 0.15) is 0 Å². The van der Waals surface area contributed by atoms with Crippen molar-refractivity contribution < 1.29 is 0 Å². The zero-order valence-corrected chi connectivity index (χ0v) is 7.52. The van der Waals surface area contributed by atoms with Gasteiger partial charge in [0.2, 0.25) is 0 Å². The minimum atomic E-state index is 0.236. The minimum absolute atomic E-state index is 0.236. The predicted molar refractivity (Wildman–Crippen MR) is 46.9 cm³/mol. The first-order valence-corrected chi connectivity index (χ1v) is 3.85. The third kappa shape index (κ3) is 3.67. The van der Waals surface area contributed by atoms with Crippen LogP contribution in [0.25, 0.3) is 0 Å². The molecule has 1 heteroatoms. The highest BCUT2D eigenvalue weighted by molar-refractivity contribution is 4.87. The van der Waals surface area contributed by atoms with Crippen LogP contribution in [-0.4, -0.2) is 6.04 Å².